The molecule has 1 atom stereocenters. The smallest absolute Gasteiger partial charge is 0.267 e. The van der Waals surface area contributed by atoms with Crippen LogP contribution in [0.4, 0.5) is 0 Å². The first-order valence-corrected chi connectivity index (χ1v) is 13.5. The molecule has 2 aromatic heterocycles. The molecule has 4 rings (SSSR count). The van der Waals surface area contributed by atoms with Crippen LogP contribution in [0.2, 0.25) is 0 Å². The lowest BCUT2D eigenvalue weighted by molar-refractivity contribution is -0.0514. The van der Waals surface area contributed by atoms with Crippen LogP contribution in [0, 0.1) is 0 Å². The monoisotopic (exact) mass is 504 g/mol. The van der Waals surface area contributed by atoms with Gasteiger partial charge in [-0.05, 0) is 30.5 Å². The van der Waals surface area contributed by atoms with E-state index in [0.717, 1.165) is 5.69 Å². The van der Waals surface area contributed by atoms with E-state index in [4.69, 9.17) is 14.2 Å². The van der Waals surface area contributed by atoms with Gasteiger partial charge in [-0.15, -0.1) is 0 Å². The van der Waals surface area contributed by atoms with E-state index in [9.17, 15) is 8.42 Å². The summed E-state index contributed by atoms with van der Waals surface area (Å²) in [5, 5.41) is 0.621. The fourth-order valence-corrected chi connectivity index (χ4v) is 5.51. The highest BCUT2D eigenvalue weighted by atomic mass is 32.2. The third kappa shape index (κ3) is 5.97. The van der Waals surface area contributed by atoms with Crippen LogP contribution in [0.15, 0.2) is 64.8 Å². The molecule has 182 valence electrons. The third-order valence-electron chi connectivity index (χ3n) is 5.33. The Kier molecular flexibility index (Phi) is 8.22. The second-order valence-electron chi connectivity index (χ2n) is 7.77. The summed E-state index contributed by atoms with van der Waals surface area (Å²) in [6.45, 7) is 3.05. The van der Waals surface area contributed by atoms with Crippen LogP contribution in [0.5, 0.6) is 5.88 Å². The van der Waals surface area contributed by atoms with Gasteiger partial charge in [0, 0.05) is 44.7 Å². The molecule has 1 aliphatic rings. The number of morpholine rings is 1. The minimum atomic E-state index is -3.64. The van der Waals surface area contributed by atoms with E-state index >= 15 is 0 Å². The molecule has 0 N–H and O–H groups in total. The van der Waals surface area contributed by atoms with Gasteiger partial charge in [-0.2, -0.15) is 4.98 Å². The fraction of sp³-hybridized carbons (Fsp3) is 0.391. The summed E-state index contributed by atoms with van der Waals surface area (Å²) in [4.78, 5) is 11.2. The van der Waals surface area contributed by atoms with Crippen LogP contribution in [-0.2, 0) is 32.6 Å². The van der Waals surface area contributed by atoms with E-state index in [2.05, 4.69) is 14.9 Å². The van der Waals surface area contributed by atoms with Crippen molar-refractivity contribution in [3.8, 4) is 5.88 Å². The Labute approximate surface area is 204 Å². The average molecular weight is 505 g/mol. The molecule has 0 amide bonds. The number of nitrogens with zero attached hydrogens (tertiary/aromatic N) is 4. The van der Waals surface area contributed by atoms with E-state index in [-0.39, 0.29) is 11.0 Å². The maximum absolute atomic E-state index is 13.1. The van der Waals surface area contributed by atoms with Crippen molar-refractivity contribution in [1.29, 1.82) is 0 Å². The van der Waals surface area contributed by atoms with Crippen LogP contribution in [0.25, 0.3) is 0 Å². The van der Waals surface area contributed by atoms with Crippen molar-refractivity contribution in [1.82, 2.24) is 18.8 Å². The second kappa shape index (κ2) is 11.3. The molecular weight excluding hydrogens is 476 g/mol. The molecule has 0 spiro atoms. The predicted octanol–water partition coefficient (Wildman–Crippen LogP) is 2.66. The van der Waals surface area contributed by atoms with Crippen LogP contribution >= 0.6 is 11.8 Å². The van der Waals surface area contributed by atoms with Gasteiger partial charge in [0.15, 0.2) is 5.16 Å². The molecule has 3 aromatic rings. The maximum Gasteiger partial charge on any atom is 0.267 e. The van der Waals surface area contributed by atoms with Crippen molar-refractivity contribution in [2.24, 2.45) is 0 Å². The lowest BCUT2D eigenvalue weighted by atomic mass is 10.2. The molecule has 1 aliphatic heterocycles. The second-order valence-corrected chi connectivity index (χ2v) is 10.4. The van der Waals surface area contributed by atoms with Crippen molar-refractivity contribution in [3.05, 3.63) is 66.1 Å². The normalized spacial score (nSPS) is 17.1. The Morgan fingerprint density at radius 3 is 2.76 bits per heavy atom. The van der Waals surface area contributed by atoms with E-state index in [1.807, 2.05) is 12.3 Å². The molecule has 1 fully saturated rings. The van der Waals surface area contributed by atoms with Crippen LogP contribution < -0.4 is 4.74 Å². The van der Waals surface area contributed by atoms with Gasteiger partial charge in [-0.3, -0.25) is 4.90 Å². The summed E-state index contributed by atoms with van der Waals surface area (Å²) < 4.78 is 44.5. The Bertz CT molecular complexity index is 1190. The SMILES string of the molecule is COCc1cc(OCC2CN(Cc3cccn3S(=O)(=O)c3ccccc3)CCO2)nc(SC)n1. The molecule has 1 unspecified atom stereocenters. The molecule has 9 nitrogen and oxygen atoms in total. The summed E-state index contributed by atoms with van der Waals surface area (Å²) in [7, 11) is -2.03. The van der Waals surface area contributed by atoms with E-state index in [0.29, 0.717) is 56.2 Å². The summed E-state index contributed by atoms with van der Waals surface area (Å²) >= 11 is 1.44. The van der Waals surface area contributed by atoms with E-state index in [1.165, 1.54) is 15.7 Å². The highest BCUT2D eigenvalue weighted by Gasteiger charge is 2.25. The minimum absolute atomic E-state index is 0.165. The number of methoxy groups -OCH3 is 1. The Morgan fingerprint density at radius 1 is 1.18 bits per heavy atom. The topological polar surface area (TPSA) is 95.8 Å². The third-order valence-corrected chi connectivity index (χ3v) is 7.62. The number of ether oxygens (including phenoxy) is 3. The summed E-state index contributed by atoms with van der Waals surface area (Å²) in [5.74, 6) is 0.481. The van der Waals surface area contributed by atoms with Crippen molar-refractivity contribution in [2.75, 3.05) is 39.7 Å². The number of thioether (sulfide) groups is 1. The van der Waals surface area contributed by atoms with Crippen LogP contribution in [-0.4, -0.2) is 73.0 Å². The first-order chi connectivity index (χ1) is 16.5. The lowest BCUT2D eigenvalue weighted by Crippen LogP contribution is -2.44. The van der Waals surface area contributed by atoms with Gasteiger partial charge in [-0.1, -0.05) is 30.0 Å². The number of aromatic nitrogens is 3. The molecule has 0 radical (unpaired) electrons. The van der Waals surface area contributed by atoms with E-state index < -0.39 is 10.0 Å². The lowest BCUT2D eigenvalue weighted by Gasteiger charge is -2.32. The molecule has 34 heavy (non-hydrogen) atoms. The number of hydrogen-bond acceptors (Lipinski definition) is 9. The molecule has 1 aromatic carbocycles. The fourth-order valence-electron chi connectivity index (χ4n) is 3.73. The van der Waals surface area contributed by atoms with Crippen molar-refractivity contribution >= 4 is 21.8 Å². The highest BCUT2D eigenvalue weighted by Crippen LogP contribution is 2.20. The number of benzene rings is 1. The molecule has 0 aliphatic carbocycles. The highest BCUT2D eigenvalue weighted by molar-refractivity contribution is 7.98. The standard InChI is InChI=1S/C23H28N4O5S2/c1-30-16-18-13-22(25-23(24-18)33-2)32-17-20-15-26(11-12-31-20)14-19-7-6-10-27(19)34(28,29)21-8-4-3-5-9-21/h3-10,13,20H,11-12,14-17H2,1-2H3. The first-order valence-electron chi connectivity index (χ1n) is 10.8. The maximum atomic E-state index is 13.1. The first kappa shape index (κ1) is 24.7. The zero-order valence-electron chi connectivity index (χ0n) is 19.2. The molecule has 0 saturated carbocycles. The minimum Gasteiger partial charge on any atom is -0.475 e. The largest absolute Gasteiger partial charge is 0.475 e. The van der Waals surface area contributed by atoms with Gasteiger partial charge in [0.2, 0.25) is 5.88 Å². The predicted molar refractivity (Wildman–Crippen MR) is 128 cm³/mol. The van der Waals surface area contributed by atoms with Crippen LogP contribution in [0.3, 0.4) is 0 Å². The van der Waals surface area contributed by atoms with E-state index in [1.54, 1.807) is 55.8 Å². The van der Waals surface area contributed by atoms with Crippen molar-refractivity contribution in [3.63, 3.8) is 0 Å². The van der Waals surface area contributed by atoms with Crippen molar-refractivity contribution < 1.29 is 22.6 Å². The Hall–Kier alpha value is -2.44. The summed E-state index contributed by atoms with van der Waals surface area (Å²) in [5.41, 5.74) is 1.46. The molecule has 11 heteroatoms. The molecular formula is C23H28N4O5S2. The van der Waals surface area contributed by atoms with Crippen molar-refractivity contribution in [2.45, 2.75) is 29.3 Å². The Morgan fingerprint density at radius 2 is 2.00 bits per heavy atom. The van der Waals surface area contributed by atoms with Crippen LogP contribution in [0.1, 0.15) is 11.4 Å². The Balaban J connectivity index is 1.40. The number of rotatable bonds is 10. The van der Waals surface area contributed by atoms with Gasteiger partial charge in [0.1, 0.15) is 12.7 Å². The van der Waals surface area contributed by atoms with Gasteiger partial charge in [0.05, 0.1) is 23.8 Å². The number of hydrogen-bond donors (Lipinski definition) is 0. The molecule has 3 heterocycles. The zero-order chi connectivity index (χ0) is 24.0. The molecule has 1 saturated heterocycles. The average Bonchev–Trinajstić information content (AvgIpc) is 3.32. The quantitative estimate of drug-likeness (QED) is 0.305. The zero-order valence-corrected chi connectivity index (χ0v) is 20.8. The van der Waals surface area contributed by atoms with Gasteiger partial charge >= 0.3 is 0 Å². The summed E-state index contributed by atoms with van der Waals surface area (Å²) in [6, 6.07) is 13.8. The van der Waals surface area contributed by atoms with Gasteiger partial charge < -0.3 is 14.2 Å². The van der Waals surface area contributed by atoms with Gasteiger partial charge in [0.25, 0.3) is 10.0 Å². The summed E-state index contributed by atoms with van der Waals surface area (Å²) in [6.07, 6.45) is 3.34. The van der Waals surface area contributed by atoms with Gasteiger partial charge in [-0.25, -0.2) is 17.4 Å². The molecule has 0 bridgehead atoms.